The molecule has 4 rings (SSSR count). The van der Waals surface area contributed by atoms with E-state index in [0.29, 0.717) is 34.9 Å². The SMILES string of the molecule is CCCOc1ccc(C2=C(Nc3ccc(N(C)C)cc3)C(=O)N(c3ccc(C#N)cc3)C2=O)cc1. The van der Waals surface area contributed by atoms with Crippen LogP contribution in [0.1, 0.15) is 24.5 Å². The first kappa shape index (κ1) is 23.6. The van der Waals surface area contributed by atoms with Gasteiger partial charge in [0.2, 0.25) is 0 Å². The number of anilines is 3. The first-order valence-electron chi connectivity index (χ1n) is 11.3. The molecule has 0 atom stereocenters. The quantitative estimate of drug-likeness (QED) is 0.480. The summed E-state index contributed by atoms with van der Waals surface area (Å²) in [6.07, 6.45) is 0.889. The topological polar surface area (TPSA) is 85.7 Å². The van der Waals surface area contributed by atoms with Crippen LogP contribution in [0, 0.1) is 11.3 Å². The van der Waals surface area contributed by atoms with Gasteiger partial charge in [0.15, 0.2) is 0 Å². The third-order valence-corrected chi connectivity index (χ3v) is 5.61. The number of nitrogens with one attached hydrogen (secondary N) is 1. The number of rotatable bonds is 8. The molecule has 1 heterocycles. The lowest BCUT2D eigenvalue weighted by Crippen LogP contribution is -2.32. The molecule has 0 saturated heterocycles. The first-order chi connectivity index (χ1) is 16.9. The zero-order valence-electron chi connectivity index (χ0n) is 19.9. The predicted octanol–water partition coefficient (Wildman–Crippen LogP) is 4.81. The highest BCUT2D eigenvalue weighted by Crippen LogP contribution is 2.34. The van der Waals surface area contributed by atoms with E-state index in [0.717, 1.165) is 17.0 Å². The van der Waals surface area contributed by atoms with Crippen molar-refractivity contribution in [1.82, 2.24) is 0 Å². The molecule has 3 aromatic carbocycles. The summed E-state index contributed by atoms with van der Waals surface area (Å²) in [5.74, 6) is -0.197. The van der Waals surface area contributed by atoms with Gasteiger partial charge in [-0.2, -0.15) is 5.26 Å². The minimum atomic E-state index is -0.460. The number of nitriles is 1. The predicted molar refractivity (Wildman–Crippen MR) is 137 cm³/mol. The van der Waals surface area contributed by atoms with Crippen LogP contribution in [0.25, 0.3) is 5.57 Å². The van der Waals surface area contributed by atoms with Crippen LogP contribution in [-0.2, 0) is 9.59 Å². The monoisotopic (exact) mass is 466 g/mol. The summed E-state index contributed by atoms with van der Waals surface area (Å²) in [5.41, 5.74) is 3.63. The summed E-state index contributed by atoms with van der Waals surface area (Å²) < 4.78 is 5.66. The summed E-state index contributed by atoms with van der Waals surface area (Å²) >= 11 is 0. The Labute approximate surface area is 204 Å². The van der Waals surface area contributed by atoms with Crippen molar-refractivity contribution in [3.05, 3.63) is 89.6 Å². The zero-order valence-corrected chi connectivity index (χ0v) is 19.9. The fourth-order valence-corrected chi connectivity index (χ4v) is 3.76. The van der Waals surface area contributed by atoms with Crippen molar-refractivity contribution >= 4 is 34.4 Å². The maximum atomic E-state index is 13.6. The minimum absolute atomic E-state index is 0.194. The van der Waals surface area contributed by atoms with Gasteiger partial charge in [0.05, 0.1) is 29.5 Å². The van der Waals surface area contributed by atoms with E-state index >= 15 is 0 Å². The molecule has 3 aromatic rings. The Morgan fingerprint density at radius 3 is 2.14 bits per heavy atom. The molecule has 0 radical (unpaired) electrons. The van der Waals surface area contributed by atoms with Crippen LogP contribution < -0.4 is 19.9 Å². The van der Waals surface area contributed by atoms with E-state index in [9.17, 15) is 9.59 Å². The van der Waals surface area contributed by atoms with Gasteiger partial charge in [-0.15, -0.1) is 0 Å². The fourth-order valence-electron chi connectivity index (χ4n) is 3.76. The van der Waals surface area contributed by atoms with E-state index in [4.69, 9.17) is 10.00 Å². The lowest BCUT2D eigenvalue weighted by molar-refractivity contribution is -0.120. The number of amides is 2. The van der Waals surface area contributed by atoms with Crippen LogP contribution in [0.2, 0.25) is 0 Å². The number of benzene rings is 3. The molecule has 0 saturated carbocycles. The second-order valence-electron chi connectivity index (χ2n) is 8.29. The van der Waals surface area contributed by atoms with Gasteiger partial charge in [0.1, 0.15) is 11.4 Å². The minimum Gasteiger partial charge on any atom is -0.494 e. The van der Waals surface area contributed by atoms with Gasteiger partial charge in [-0.1, -0.05) is 19.1 Å². The lowest BCUT2D eigenvalue weighted by Gasteiger charge is -2.16. The lowest BCUT2D eigenvalue weighted by atomic mass is 10.0. The van der Waals surface area contributed by atoms with E-state index in [-0.39, 0.29) is 11.3 Å². The van der Waals surface area contributed by atoms with Crippen LogP contribution in [-0.4, -0.2) is 32.5 Å². The fraction of sp³-hybridized carbons (Fsp3) is 0.179. The highest BCUT2D eigenvalue weighted by molar-refractivity contribution is 6.46. The van der Waals surface area contributed by atoms with Crippen LogP contribution in [0.4, 0.5) is 17.1 Å². The Morgan fingerprint density at radius 2 is 1.57 bits per heavy atom. The zero-order chi connectivity index (χ0) is 24.9. The van der Waals surface area contributed by atoms with Gasteiger partial charge < -0.3 is 15.0 Å². The molecular formula is C28H26N4O3. The highest BCUT2D eigenvalue weighted by atomic mass is 16.5. The third kappa shape index (κ3) is 4.87. The summed E-state index contributed by atoms with van der Waals surface area (Å²) in [4.78, 5) is 30.2. The summed E-state index contributed by atoms with van der Waals surface area (Å²) in [5, 5.41) is 12.3. The molecule has 7 nitrogen and oxygen atoms in total. The summed E-state index contributed by atoms with van der Waals surface area (Å²) in [6.45, 7) is 2.63. The van der Waals surface area contributed by atoms with Gasteiger partial charge in [-0.05, 0) is 72.6 Å². The van der Waals surface area contributed by atoms with E-state index in [2.05, 4.69) is 5.32 Å². The van der Waals surface area contributed by atoms with Crippen molar-refractivity contribution in [1.29, 1.82) is 5.26 Å². The van der Waals surface area contributed by atoms with E-state index in [1.54, 1.807) is 48.5 Å². The van der Waals surface area contributed by atoms with E-state index < -0.39 is 11.8 Å². The van der Waals surface area contributed by atoms with Gasteiger partial charge >= 0.3 is 0 Å². The maximum Gasteiger partial charge on any atom is 0.282 e. The average Bonchev–Trinajstić information content (AvgIpc) is 3.12. The maximum absolute atomic E-state index is 13.6. The highest BCUT2D eigenvalue weighted by Gasteiger charge is 2.40. The van der Waals surface area contributed by atoms with Crippen LogP contribution in [0.3, 0.4) is 0 Å². The van der Waals surface area contributed by atoms with Crippen molar-refractivity contribution in [2.24, 2.45) is 0 Å². The number of carbonyl (C=O) groups is 2. The normalized spacial score (nSPS) is 13.1. The molecule has 2 amide bonds. The molecular weight excluding hydrogens is 440 g/mol. The second-order valence-corrected chi connectivity index (χ2v) is 8.29. The molecule has 1 N–H and O–H groups in total. The van der Waals surface area contributed by atoms with Crippen LogP contribution in [0.5, 0.6) is 5.75 Å². The summed E-state index contributed by atoms with van der Waals surface area (Å²) in [6, 6.07) is 23.2. The van der Waals surface area contributed by atoms with Crippen molar-refractivity contribution in [2.45, 2.75) is 13.3 Å². The molecule has 0 spiro atoms. The van der Waals surface area contributed by atoms with Gasteiger partial charge in [-0.3, -0.25) is 9.59 Å². The van der Waals surface area contributed by atoms with Gasteiger partial charge in [-0.25, -0.2) is 4.90 Å². The molecule has 1 aliphatic heterocycles. The second kappa shape index (κ2) is 10.1. The molecule has 7 heteroatoms. The van der Waals surface area contributed by atoms with Crippen molar-refractivity contribution < 1.29 is 14.3 Å². The molecule has 35 heavy (non-hydrogen) atoms. The Bertz CT molecular complexity index is 1300. The largest absolute Gasteiger partial charge is 0.494 e. The number of carbonyl (C=O) groups excluding carboxylic acids is 2. The van der Waals surface area contributed by atoms with E-state index in [1.807, 2.05) is 56.3 Å². The van der Waals surface area contributed by atoms with Gasteiger partial charge in [0.25, 0.3) is 11.8 Å². The molecule has 0 unspecified atom stereocenters. The molecule has 0 bridgehead atoms. The van der Waals surface area contributed by atoms with Crippen LogP contribution >= 0.6 is 0 Å². The number of imide groups is 1. The van der Waals surface area contributed by atoms with Gasteiger partial charge in [0, 0.05) is 25.5 Å². The van der Waals surface area contributed by atoms with Crippen LogP contribution in [0.15, 0.2) is 78.5 Å². The number of nitrogens with zero attached hydrogens (tertiary/aromatic N) is 3. The molecule has 1 aliphatic rings. The molecule has 0 aromatic heterocycles. The number of ether oxygens (including phenoxy) is 1. The molecule has 176 valence electrons. The Hall–Kier alpha value is -4.57. The first-order valence-corrected chi connectivity index (χ1v) is 11.3. The van der Waals surface area contributed by atoms with E-state index in [1.165, 1.54) is 0 Å². The Kier molecular flexibility index (Phi) is 6.83. The van der Waals surface area contributed by atoms with Crippen molar-refractivity contribution in [3.63, 3.8) is 0 Å². The smallest absolute Gasteiger partial charge is 0.282 e. The number of hydrogen-bond acceptors (Lipinski definition) is 6. The summed E-state index contributed by atoms with van der Waals surface area (Å²) in [7, 11) is 3.90. The standard InChI is InChI=1S/C28H26N4O3/c1-4-17-35-24-15-7-20(8-16-24)25-26(30-21-9-13-22(14-10-21)31(2)3)28(34)32(27(25)33)23-11-5-19(18-29)6-12-23/h5-16,30H,4,17H2,1-3H3. The number of hydrogen-bond donors (Lipinski definition) is 1. The van der Waals surface area contributed by atoms with Crippen molar-refractivity contribution in [2.75, 3.05) is 35.8 Å². The Morgan fingerprint density at radius 1 is 0.914 bits per heavy atom. The Balaban J connectivity index is 1.73. The molecule has 0 fully saturated rings. The van der Waals surface area contributed by atoms with Crippen molar-refractivity contribution in [3.8, 4) is 11.8 Å². The average molecular weight is 467 g/mol. The molecule has 0 aliphatic carbocycles. The third-order valence-electron chi connectivity index (χ3n) is 5.61.